The van der Waals surface area contributed by atoms with Gasteiger partial charge >= 0.3 is 11.9 Å². The van der Waals surface area contributed by atoms with Crippen molar-refractivity contribution in [2.75, 3.05) is 0 Å². The maximum atomic E-state index is 12.4. The van der Waals surface area contributed by atoms with E-state index in [2.05, 4.69) is 54.5 Å². The summed E-state index contributed by atoms with van der Waals surface area (Å²) in [7, 11) is 0. The van der Waals surface area contributed by atoms with Crippen LogP contribution in [0.25, 0.3) is 0 Å². The lowest BCUT2D eigenvalue weighted by molar-refractivity contribution is -0.264. The molecule has 0 aromatic heterocycles. The third kappa shape index (κ3) is 3.65. The van der Waals surface area contributed by atoms with Gasteiger partial charge in [0, 0.05) is 31.6 Å². The summed E-state index contributed by atoms with van der Waals surface area (Å²) in [4.78, 5) is 24.3. The van der Waals surface area contributed by atoms with E-state index in [1.54, 1.807) is 13.8 Å². The van der Waals surface area contributed by atoms with E-state index in [0.29, 0.717) is 29.6 Å². The Morgan fingerprint density at radius 2 is 1.54 bits per heavy atom. The van der Waals surface area contributed by atoms with Gasteiger partial charge in [0.1, 0.15) is 11.7 Å². The van der Waals surface area contributed by atoms with Crippen LogP contribution in [0.3, 0.4) is 0 Å². The predicted molar refractivity (Wildman–Crippen MR) is 147 cm³/mol. The van der Waals surface area contributed by atoms with Gasteiger partial charge in [-0.3, -0.25) is 9.59 Å². The molecule has 0 unspecified atom stereocenters. The third-order valence-corrected chi connectivity index (χ3v) is 13.7. The van der Waals surface area contributed by atoms with Crippen molar-refractivity contribution in [3.8, 4) is 0 Å². The highest BCUT2D eigenvalue weighted by molar-refractivity contribution is 5.67. The van der Waals surface area contributed by atoms with Crippen LogP contribution in [0.1, 0.15) is 120 Å². The van der Waals surface area contributed by atoms with Crippen molar-refractivity contribution < 1.29 is 19.1 Å². The molecule has 4 fully saturated rings. The van der Waals surface area contributed by atoms with E-state index in [0.717, 1.165) is 32.1 Å². The van der Waals surface area contributed by atoms with Crippen molar-refractivity contribution in [3.05, 3.63) is 11.6 Å². The summed E-state index contributed by atoms with van der Waals surface area (Å²) in [6, 6.07) is 0. The lowest BCUT2D eigenvalue weighted by atomic mass is 9.32. The van der Waals surface area contributed by atoms with Crippen LogP contribution in [-0.4, -0.2) is 23.6 Å². The molecule has 0 spiro atoms. The number of carbonyl (C=O) groups is 2. The van der Waals surface area contributed by atoms with Crippen molar-refractivity contribution in [1.29, 1.82) is 0 Å². The smallest absolute Gasteiger partial charge is 0.303 e. The topological polar surface area (TPSA) is 52.6 Å². The fraction of sp³-hybridized carbons (Fsp3) is 0.879. The molecule has 0 aromatic carbocycles. The summed E-state index contributed by atoms with van der Waals surface area (Å²) in [5, 5.41) is 0. The summed E-state index contributed by atoms with van der Waals surface area (Å²) >= 11 is 0. The minimum absolute atomic E-state index is 0.00537. The molecule has 0 aliphatic heterocycles. The monoisotopic (exact) mass is 512 g/mol. The molecule has 4 saturated carbocycles. The Morgan fingerprint density at radius 1 is 0.838 bits per heavy atom. The lowest BCUT2D eigenvalue weighted by Gasteiger charge is -2.73. The second-order valence-electron chi connectivity index (χ2n) is 15.3. The molecule has 0 aromatic rings. The van der Waals surface area contributed by atoms with Gasteiger partial charge in [0.25, 0.3) is 0 Å². The zero-order valence-electron chi connectivity index (χ0n) is 25.0. The first-order valence-corrected chi connectivity index (χ1v) is 15.2. The Morgan fingerprint density at radius 3 is 2.19 bits per heavy atom. The summed E-state index contributed by atoms with van der Waals surface area (Å²) in [6.07, 6.45) is 12.5. The Labute approximate surface area is 225 Å². The van der Waals surface area contributed by atoms with Crippen LogP contribution in [0.15, 0.2) is 11.6 Å². The van der Waals surface area contributed by atoms with E-state index in [9.17, 15) is 9.59 Å². The molecule has 0 heterocycles. The summed E-state index contributed by atoms with van der Waals surface area (Å²) in [5.74, 6) is 2.41. The molecule has 10 atom stereocenters. The van der Waals surface area contributed by atoms with Crippen molar-refractivity contribution in [1.82, 2.24) is 0 Å². The second-order valence-corrected chi connectivity index (χ2v) is 15.3. The second kappa shape index (κ2) is 8.59. The van der Waals surface area contributed by atoms with E-state index in [1.165, 1.54) is 31.3 Å². The van der Waals surface area contributed by atoms with Gasteiger partial charge in [-0.25, -0.2) is 0 Å². The number of ether oxygens (including phenoxy) is 2. The minimum atomic E-state index is -0.330. The summed E-state index contributed by atoms with van der Waals surface area (Å²) < 4.78 is 12.2. The molecule has 5 aliphatic carbocycles. The molecule has 5 aliphatic rings. The van der Waals surface area contributed by atoms with Crippen LogP contribution in [0, 0.1) is 51.2 Å². The number of fused-ring (bicyclic) bond motifs is 7. The molecule has 5 rings (SSSR count). The Kier molecular flexibility index (Phi) is 6.33. The van der Waals surface area contributed by atoms with E-state index >= 15 is 0 Å². The zero-order chi connectivity index (χ0) is 27.2. The predicted octanol–water partition coefficient (Wildman–Crippen LogP) is 7.89. The van der Waals surface area contributed by atoms with E-state index < -0.39 is 0 Å². The Balaban J connectivity index is 1.51. The van der Waals surface area contributed by atoms with Gasteiger partial charge in [-0.2, -0.15) is 0 Å². The molecule has 0 bridgehead atoms. The van der Waals surface area contributed by atoms with Crippen LogP contribution < -0.4 is 0 Å². The van der Waals surface area contributed by atoms with Crippen molar-refractivity contribution in [2.45, 2.75) is 132 Å². The quantitative estimate of drug-likeness (QED) is 0.279. The summed E-state index contributed by atoms with van der Waals surface area (Å²) in [6.45, 7) is 20.4. The average molecular weight is 513 g/mol. The van der Waals surface area contributed by atoms with E-state index in [4.69, 9.17) is 9.47 Å². The van der Waals surface area contributed by atoms with Crippen molar-refractivity contribution in [2.24, 2.45) is 51.2 Å². The highest BCUT2D eigenvalue weighted by Gasteiger charge is 2.71. The average Bonchev–Trinajstić information content (AvgIpc) is 2.79. The molecule has 208 valence electrons. The fourth-order valence-electron chi connectivity index (χ4n) is 11.7. The number of carbonyl (C=O) groups excluding carboxylic acids is 2. The number of esters is 2. The lowest BCUT2D eigenvalue weighted by Crippen LogP contribution is -2.68. The Hall–Kier alpha value is -1.32. The first-order valence-electron chi connectivity index (χ1n) is 15.2. The largest absolute Gasteiger partial charge is 0.462 e. The molecular formula is C33H52O4. The van der Waals surface area contributed by atoms with Gasteiger partial charge in [-0.15, -0.1) is 0 Å². The van der Waals surface area contributed by atoms with E-state index in [1.807, 2.05) is 0 Å². The minimum Gasteiger partial charge on any atom is -0.462 e. The zero-order valence-corrected chi connectivity index (χ0v) is 25.0. The fourth-order valence-corrected chi connectivity index (χ4v) is 11.7. The van der Waals surface area contributed by atoms with Crippen LogP contribution in [0.4, 0.5) is 0 Å². The molecular weight excluding hydrogens is 460 g/mol. The van der Waals surface area contributed by atoms with Crippen LogP contribution in [-0.2, 0) is 19.1 Å². The van der Waals surface area contributed by atoms with Gasteiger partial charge in [0.15, 0.2) is 0 Å². The van der Waals surface area contributed by atoms with Gasteiger partial charge in [0.05, 0.1) is 0 Å². The number of allylic oxidation sites excluding steroid dienone is 1. The van der Waals surface area contributed by atoms with Gasteiger partial charge < -0.3 is 9.47 Å². The van der Waals surface area contributed by atoms with Crippen LogP contribution in [0.5, 0.6) is 0 Å². The van der Waals surface area contributed by atoms with Gasteiger partial charge in [0.2, 0.25) is 0 Å². The normalized spacial score (nSPS) is 50.4. The number of hydrogen-bond acceptors (Lipinski definition) is 4. The highest BCUT2D eigenvalue weighted by atomic mass is 16.6. The first-order chi connectivity index (χ1) is 17.1. The van der Waals surface area contributed by atoms with Gasteiger partial charge in [-0.05, 0) is 98.2 Å². The third-order valence-electron chi connectivity index (χ3n) is 13.7. The number of rotatable bonds is 2. The molecule has 37 heavy (non-hydrogen) atoms. The first kappa shape index (κ1) is 27.3. The van der Waals surface area contributed by atoms with Gasteiger partial charge in [-0.1, -0.05) is 53.2 Å². The highest BCUT2D eigenvalue weighted by Crippen LogP contribution is 2.76. The molecule has 4 heteroatoms. The van der Waals surface area contributed by atoms with Crippen molar-refractivity contribution in [3.63, 3.8) is 0 Å². The maximum Gasteiger partial charge on any atom is 0.303 e. The van der Waals surface area contributed by atoms with E-state index in [-0.39, 0.29) is 45.3 Å². The maximum absolute atomic E-state index is 12.4. The van der Waals surface area contributed by atoms with Crippen molar-refractivity contribution >= 4 is 11.9 Å². The molecule has 4 nitrogen and oxygen atoms in total. The van der Waals surface area contributed by atoms with Crippen LogP contribution >= 0.6 is 0 Å². The molecule has 0 amide bonds. The number of hydrogen-bond donors (Lipinski definition) is 0. The standard InChI is InChI=1S/C33H52O4/c1-20-12-17-33(37-23(4)35)19-18-31(8)24(28(33)21(20)2)10-11-26-30(7)15-14-27(36-22(3)34)29(5,6)25(30)13-16-32(26,31)9/h12,21,24-28H,10-11,13-19H2,1-9H3/t21-,24+,25+,26-,27+,28-,30+,31-,32+,33-/m1/s1. The SMILES string of the molecule is CC(=O)O[C@H]1CC[C@]2(C)[C@H]3CC[C@H]4[C@H]5[C@H](C)C(C)=CC[C@@]5(OC(C)=O)CC[C@@]4(C)[C@@]3(C)CC[C@H]2C1(C)C. The molecule has 0 N–H and O–H groups in total. The summed E-state index contributed by atoms with van der Waals surface area (Å²) in [5.41, 5.74) is 1.91. The van der Waals surface area contributed by atoms with Crippen LogP contribution in [0.2, 0.25) is 0 Å². The molecule has 0 radical (unpaired) electrons. The molecule has 0 saturated heterocycles. The Bertz CT molecular complexity index is 996.